The van der Waals surface area contributed by atoms with Crippen molar-refractivity contribution in [3.05, 3.63) is 84.4 Å². The zero-order valence-corrected chi connectivity index (χ0v) is 19.1. The number of amides is 1. The van der Waals surface area contributed by atoms with Crippen LogP contribution in [0.5, 0.6) is 17.2 Å². The Morgan fingerprint density at radius 1 is 1.16 bits per heavy atom. The zero-order valence-electron chi connectivity index (χ0n) is 19.1. The molecule has 11 heteroatoms. The predicted molar refractivity (Wildman–Crippen MR) is 131 cm³/mol. The van der Waals surface area contributed by atoms with Gasteiger partial charge in [-0.2, -0.15) is 19.0 Å². The molecule has 1 amide bonds. The van der Waals surface area contributed by atoms with Gasteiger partial charge in [0.1, 0.15) is 22.8 Å². The molecule has 0 bridgehead atoms. The number of terminal acetylenes is 1. The lowest BCUT2D eigenvalue weighted by Crippen LogP contribution is -2.12. The first-order valence-electron chi connectivity index (χ1n) is 10.9. The number of hydrogen-bond donors (Lipinski definition) is 2. The number of H-pyrrole nitrogens is 1. The first-order valence-corrected chi connectivity index (χ1v) is 10.9. The fourth-order valence-electron chi connectivity index (χ4n) is 3.70. The molecule has 0 saturated carbocycles. The number of fused-ring (bicyclic) bond motifs is 1. The molecular weight excluding hydrogens is 482 g/mol. The lowest BCUT2D eigenvalue weighted by Gasteiger charge is -2.14. The van der Waals surface area contributed by atoms with Crippen LogP contribution >= 0.6 is 0 Å². The maximum Gasteiger partial charge on any atom is 0.387 e. The van der Waals surface area contributed by atoms with Gasteiger partial charge in [0.2, 0.25) is 0 Å². The minimum Gasteiger partial charge on any atom is -0.457 e. The molecule has 184 valence electrons. The van der Waals surface area contributed by atoms with Crippen LogP contribution in [-0.4, -0.2) is 37.3 Å². The Morgan fingerprint density at radius 2 is 2.03 bits per heavy atom. The van der Waals surface area contributed by atoms with Crippen LogP contribution in [0.15, 0.2) is 73.3 Å². The molecule has 0 atom stereocenters. The third-order valence-corrected chi connectivity index (χ3v) is 5.29. The van der Waals surface area contributed by atoms with E-state index >= 15 is 0 Å². The Hall–Kier alpha value is -5.24. The minimum atomic E-state index is -3.07. The van der Waals surface area contributed by atoms with E-state index in [4.69, 9.17) is 15.9 Å². The van der Waals surface area contributed by atoms with Gasteiger partial charge < -0.3 is 14.8 Å². The molecule has 5 aromatic rings. The van der Waals surface area contributed by atoms with Crippen molar-refractivity contribution in [3.8, 4) is 40.8 Å². The molecular formula is C26H18F2N6O3. The molecule has 2 N–H and O–H groups in total. The number of nitrogens with one attached hydrogen (secondary N) is 2. The maximum absolute atomic E-state index is 13.2. The van der Waals surface area contributed by atoms with E-state index in [1.165, 1.54) is 35.1 Å². The van der Waals surface area contributed by atoms with Gasteiger partial charge in [0.25, 0.3) is 5.91 Å². The SMILES string of the molecule is C#CCc1cccc(Oc2ccc(OC(F)F)c(-c3[nH]ncc3NC(=O)c3cnn4cccnc34)c2)c1. The summed E-state index contributed by atoms with van der Waals surface area (Å²) in [6.07, 6.45) is 11.8. The minimum absolute atomic E-state index is 0.138. The van der Waals surface area contributed by atoms with Crippen LogP contribution in [0.3, 0.4) is 0 Å². The standard InChI is InChI=1S/C26H18F2N6O3/c1-2-5-16-6-3-7-17(12-16)36-18-8-9-22(37-26(27)28)19(13-18)23-21(15-30-33-23)32-25(35)20-14-31-34-11-4-10-29-24(20)34/h1,3-4,6-15,26H,5H2,(H,30,33)(H,32,35). The van der Waals surface area contributed by atoms with E-state index in [0.717, 1.165) is 5.56 Å². The van der Waals surface area contributed by atoms with Gasteiger partial charge in [0.05, 0.1) is 23.8 Å². The first kappa shape index (κ1) is 23.5. The fourth-order valence-corrected chi connectivity index (χ4v) is 3.70. The Balaban J connectivity index is 1.47. The molecule has 0 aliphatic rings. The molecule has 9 nitrogen and oxygen atoms in total. The second-order valence-electron chi connectivity index (χ2n) is 7.73. The Kier molecular flexibility index (Phi) is 6.46. The third-order valence-electron chi connectivity index (χ3n) is 5.29. The van der Waals surface area contributed by atoms with Gasteiger partial charge in [0.15, 0.2) is 5.65 Å². The summed E-state index contributed by atoms with van der Waals surface area (Å²) < 4.78 is 38.5. The van der Waals surface area contributed by atoms with E-state index < -0.39 is 12.5 Å². The number of aromatic nitrogens is 5. The van der Waals surface area contributed by atoms with Crippen molar-refractivity contribution in [1.82, 2.24) is 24.8 Å². The molecule has 3 aromatic heterocycles. The summed E-state index contributed by atoms with van der Waals surface area (Å²) in [5.74, 6) is 2.78. The largest absolute Gasteiger partial charge is 0.457 e. The third kappa shape index (κ3) is 5.08. The van der Waals surface area contributed by atoms with Gasteiger partial charge in [-0.15, -0.1) is 12.3 Å². The number of hydrogen-bond acceptors (Lipinski definition) is 6. The number of anilines is 1. The average Bonchev–Trinajstić information content (AvgIpc) is 3.52. The molecule has 5 rings (SSSR count). The summed E-state index contributed by atoms with van der Waals surface area (Å²) >= 11 is 0. The van der Waals surface area contributed by atoms with Crippen LogP contribution in [0, 0.1) is 12.3 Å². The van der Waals surface area contributed by atoms with Crippen LogP contribution in [0.4, 0.5) is 14.5 Å². The van der Waals surface area contributed by atoms with Gasteiger partial charge in [-0.3, -0.25) is 9.89 Å². The molecule has 0 aliphatic carbocycles. The highest BCUT2D eigenvalue weighted by Crippen LogP contribution is 2.38. The van der Waals surface area contributed by atoms with Crippen LogP contribution < -0.4 is 14.8 Å². The molecule has 0 spiro atoms. The van der Waals surface area contributed by atoms with E-state index in [-0.39, 0.29) is 28.3 Å². The van der Waals surface area contributed by atoms with Crippen LogP contribution in [-0.2, 0) is 6.42 Å². The number of ether oxygens (including phenoxy) is 2. The van der Waals surface area contributed by atoms with E-state index in [1.54, 1.807) is 36.7 Å². The second-order valence-corrected chi connectivity index (χ2v) is 7.73. The number of rotatable bonds is 8. The van der Waals surface area contributed by atoms with E-state index in [9.17, 15) is 13.6 Å². The Bertz CT molecular complexity index is 1620. The van der Waals surface area contributed by atoms with Gasteiger partial charge in [-0.05, 0) is 42.0 Å². The number of aromatic amines is 1. The number of nitrogens with zero attached hydrogens (tertiary/aromatic N) is 4. The molecule has 3 heterocycles. The lowest BCUT2D eigenvalue weighted by molar-refractivity contribution is -0.0494. The summed E-state index contributed by atoms with van der Waals surface area (Å²) in [5.41, 5.74) is 2.13. The molecule has 2 aromatic carbocycles. The fraction of sp³-hybridized carbons (Fsp3) is 0.0769. The highest BCUT2D eigenvalue weighted by Gasteiger charge is 2.21. The Labute approximate surface area is 209 Å². The van der Waals surface area contributed by atoms with Gasteiger partial charge in [0, 0.05) is 24.4 Å². The highest BCUT2D eigenvalue weighted by molar-refractivity contribution is 6.09. The molecule has 0 saturated heterocycles. The smallest absolute Gasteiger partial charge is 0.387 e. The number of alkyl halides is 2. The van der Waals surface area contributed by atoms with Gasteiger partial charge >= 0.3 is 6.61 Å². The highest BCUT2D eigenvalue weighted by atomic mass is 19.3. The second kappa shape index (κ2) is 10.2. The molecule has 0 radical (unpaired) electrons. The van der Waals surface area contributed by atoms with Crippen molar-refractivity contribution < 1.29 is 23.0 Å². The number of halogens is 2. The normalized spacial score (nSPS) is 10.9. The molecule has 0 fully saturated rings. The lowest BCUT2D eigenvalue weighted by atomic mass is 10.1. The van der Waals surface area contributed by atoms with E-state index in [1.807, 2.05) is 6.07 Å². The van der Waals surface area contributed by atoms with Crippen molar-refractivity contribution in [2.75, 3.05) is 5.32 Å². The molecule has 37 heavy (non-hydrogen) atoms. The van der Waals surface area contributed by atoms with Gasteiger partial charge in [-0.1, -0.05) is 12.1 Å². The average molecular weight is 500 g/mol. The van der Waals surface area contributed by atoms with Crippen LogP contribution in [0.1, 0.15) is 15.9 Å². The summed E-state index contributed by atoms with van der Waals surface area (Å²) in [4.78, 5) is 17.2. The predicted octanol–water partition coefficient (Wildman–Crippen LogP) is 4.94. The van der Waals surface area contributed by atoms with E-state index in [2.05, 4.69) is 31.5 Å². The Morgan fingerprint density at radius 3 is 2.86 bits per heavy atom. The van der Waals surface area contributed by atoms with Crippen molar-refractivity contribution in [1.29, 1.82) is 0 Å². The van der Waals surface area contributed by atoms with Gasteiger partial charge in [-0.25, -0.2) is 9.50 Å². The topological polar surface area (TPSA) is 106 Å². The quantitative estimate of drug-likeness (QED) is 0.292. The van der Waals surface area contributed by atoms with Crippen molar-refractivity contribution >= 4 is 17.2 Å². The summed E-state index contributed by atoms with van der Waals surface area (Å²) in [7, 11) is 0. The van der Waals surface area contributed by atoms with Crippen LogP contribution in [0.2, 0.25) is 0 Å². The zero-order chi connectivity index (χ0) is 25.8. The van der Waals surface area contributed by atoms with Crippen molar-refractivity contribution in [2.24, 2.45) is 0 Å². The van der Waals surface area contributed by atoms with Crippen molar-refractivity contribution in [2.45, 2.75) is 13.0 Å². The monoisotopic (exact) mass is 500 g/mol. The summed E-state index contributed by atoms with van der Waals surface area (Å²) in [5, 5.41) is 13.5. The molecule has 0 unspecified atom stereocenters. The van der Waals surface area contributed by atoms with E-state index in [0.29, 0.717) is 23.6 Å². The van der Waals surface area contributed by atoms with Crippen molar-refractivity contribution in [3.63, 3.8) is 0 Å². The number of benzene rings is 2. The molecule has 0 aliphatic heterocycles. The summed E-state index contributed by atoms with van der Waals surface area (Å²) in [6.45, 7) is -3.07. The first-order chi connectivity index (χ1) is 18.0. The number of carbonyl (C=O) groups excluding carboxylic acids is 1. The maximum atomic E-state index is 13.2. The summed E-state index contributed by atoms with van der Waals surface area (Å²) in [6, 6.07) is 13.2. The van der Waals surface area contributed by atoms with Crippen LogP contribution in [0.25, 0.3) is 16.9 Å². The number of carbonyl (C=O) groups is 1.